The maximum absolute atomic E-state index is 5.83. The first-order chi connectivity index (χ1) is 15.7. The van der Waals surface area contributed by atoms with E-state index in [1.165, 1.54) is 33.0 Å². The summed E-state index contributed by atoms with van der Waals surface area (Å²) < 4.78 is 11.3. The van der Waals surface area contributed by atoms with Gasteiger partial charge in [0.2, 0.25) is 0 Å². The van der Waals surface area contributed by atoms with Crippen molar-refractivity contribution in [2.75, 3.05) is 27.4 Å². The Balaban J connectivity index is 1.57. The first-order valence-corrected chi connectivity index (χ1v) is 11.2. The van der Waals surface area contributed by atoms with E-state index < -0.39 is 0 Å². The van der Waals surface area contributed by atoms with Crippen LogP contribution in [0.1, 0.15) is 29.9 Å². The highest BCUT2D eigenvalue weighted by Gasteiger charge is 2.39. The minimum absolute atomic E-state index is 0.122. The molecule has 0 saturated carbocycles. The molecule has 4 heteroatoms. The molecule has 0 bridgehead atoms. The van der Waals surface area contributed by atoms with Crippen molar-refractivity contribution in [1.29, 1.82) is 0 Å². The van der Waals surface area contributed by atoms with Crippen molar-refractivity contribution in [2.24, 2.45) is 5.41 Å². The number of methoxy groups -OCH3 is 2. The molecule has 2 aromatic carbocycles. The van der Waals surface area contributed by atoms with Gasteiger partial charge in [-0.25, -0.2) is 0 Å². The number of H-pyrrole nitrogens is 2. The molecule has 2 heterocycles. The van der Waals surface area contributed by atoms with Gasteiger partial charge in [0.05, 0.1) is 13.2 Å². The zero-order valence-electron chi connectivity index (χ0n) is 18.7. The maximum atomic E-state index is 5.83. The van der Waals surface area contributed by atoms with E-state index in [-0.39, 0.29) is 11.3 Å². The molecular formula is C28H30N2O2. The fourth-order valence-electron chi connectivity index (χ4n) is 5.14. The molecule has 4 nitrogen and oxygen atoms in total. The third-order valence-electron chi connectivity index (χ3n) is 6.80. The molecule has 0 fully saturated rings. The number of aromatic amines is 2. The van der Waals surface area contributed by atoms with Gasteiger partial charge in [0.15, 0.2) is 0 Å². The molecule has 1 aliphatic rings. The summed E-state index contributed by atoms with van der Waals surface area (Å²) in [6, 6.07) is 17.6. The number of rotatable bonds is 7. The zero-order valence-corrected chi connectivity index (χ0v) is 18.7. The minimum Gasteiger partial charge on any atom is -0.384 e. The van der Waals surface area contributed by atoms with Crippen molar-refractivity contribution in [2.45, 2.75) is 18.8 Å². The summed E-state index contributed by atoms with van der Waals surface area (Å²) in [6.07, 6.45) is 13.1. The van der Waals surface area contributed by atoms with Gasteiger partial charge in [-0.1, -0.05) is 30.4 Å². The van der Waals surface area contributed by atoms with E-state index in [9.17, 15) is 0 Å². The Hall–Kier alpha value is -3.08. The smallest absolute Gasteiger partial charge is 0.0673 e. The topological polar surface area (TPSA) is 50.0 Å². The van der Waals surface area contributed by atoms with Crippen LogP contribution in [0.15, 0.2) is 78.6 Å². The van der Waals surface area contributed by atoms with Gasteiger partial charge < -0.3 is 19.4 Å². The number of benzene rings is 2. The molecule has 5 rings (SSSR count). The number of hydrogen-bond donors (Lipinski definition) is 2. The fourth-order valence-corrected chi connectivity index (χ4v) is 5.14. The highest BCUT2D eigenvalue weighted by atomic mass is 16.5. The number of allylic oxidation sites excluding steroid dienone is 1. The van der Waals surface area contributed by atoms with Crippen LogP contribution in [0.25, 0.3) is 27.9 Å². The van der Waals surface area contributed by atoms with Crippen LogP contribution in [0, 0.1) is 5.41 Å². The SMILES string of the molecule is COCC1=C[C@H](c2ccc3[nH]ccc3c2)[C@](C=Cc2ccc3[nH]ccc3c2)(COC)CC1. The van der Waals surface area contributed by atoms with Gasteiger partial charge in [0.25, 0.3) is 0 Å². The van der Waals surface area contributed by atoms with Crippen molar-refractivity contribution < 1.29 is 9.47 Å². The van der Waals surface area contributed by atoms with Crippen LogP contribution in [0.5, 0.6) is 0 Å². The Kier molecular flexibility index (Phi) is 5.73. The van der Waals surface area contributed by atoms with Gasteiger partial charge in [0.1, 0.15) is 0 Å². The number of aromatic nitrogens is 2. The summed E-state index contributed by atoms with van der Waals surface area (Å²) in [5.41, 5.74) is 6.09. The van der Waals surface area contributed by atoms with E-state index in [1.54, 1.807) is 7.11 Å². The Bertz CT molecular complexity index is 1280. The molecule has 0 radical (unpaired) electrons. The molecule has 164 valence electrons. The average molecular weight is 427 g/mol. The molecule has 2 atom stereocenters. The van der Waals surface area contributed by atoms with Gasteiger partial charge in [-0.05, 0) is 76.7 Å². The molecule has 0 unspecified atom stereocenters. The summed E-state index contributed by atoms with van der Waals surface area (Å²) in [5, 5.41) is 2.47. The lowest BCUT2D eigenvalue weighted by molar-refractivity contribution is 0.0896. The van der Waals surface area contributed by atoms with E-state index in [2.05, 4.69) is 76.7 Å². The number of nitrogens with one attached hydrogen (secondary N) is 2. The Morgan fingerprint density at radius 3 is 2.44 bits per heavy atom. The minimum atomic E-state index is -0.122. The molecule has 2 N–H and O–H groups in total. The first kappa shape index (κ1) is 20.8. The van der Waals surface area contributed by atoms with Crippen molar-refractivity contribution in [1.82, 2.24) is 9.97 Å². The van der Waals surface area contributed by atoms with Crippen LogP contribution in [0.4, 0.5) is 0 Å². The molecule has 4 aromatic rings. The van der Waals surface area contributed by atoms with Gasteiger partial charge in [-0.15, -0.1) is 0 Å². The molecule has 2 aromatic heterocycles. The lowest BCUT2D eigenvalue weighted by Gasteiger charge is -2.41. The van der Waals surface area contributed by atoms with Gasteiger partial charge in [0, 0.05) is 49.0 Å². The second-order valence-corrected chi connectivity index (χ2v) is 8.88. The predicted octanol–water partition coefficient (Wildman–Crippen LogP) is 6.45. The van der Waals surface area contributed by atoms with E-state index >= 15 is 0 Å². The third-order valence-corrected chi connectivity index (χ3v) is 6.80. The van der Waals surface area contributed by atoms with E-state index in [0.29, 0.717) is 13.2 Å². The van der Waals surface area contributed by atoms with Crippen molar-refractivity contribution in [3.05, 3.63) is 89.8 Å². The van der Waals surface area contributed by atoms with Crippen LogP contribution in [-0.4, -0.2) is 37.4 Å². The normalized spacial score (nSPS) is 21.6. The standard InChI is InChI=1S/C28H30N2O2/c1-31-18-21-8-12-28(19-32-2,11-7-20-3-5-26-23(15-20)9-13-29-26)25(16-21)22-4-6-27-24(17-22)10-14-30-27/h3-7,9-11,13-17,25,29-30H,8,12,18-19H2,1-2H3/t25-,28+/m1/s1. The van der Waals surface area contributed by atoms with Crippen LogP contribution in [0.2, 0.25) is 0 Å². The highest BCUT2D eigenvalue weighted by molar-refractivity contribution is 5.82. The van der Waals surface area contributed by atoms with Crippen molar-refractivity contribution in [3.8, 4) is 0 Å². The highest BCUT2D eigenvalue weighted by Crippen LogP contribution is 2.48. The summed E-state index contributed by atoms with van der Waals surface area (Å²) in [7, 11) is 3.58. The molecule has 0 saturated heterocycles. The number of hydrogen-bond acceptors (Lipinski definition) is 2. The second kappa shape index (κ2) is 8.81. The summed E-state index contributed by atoms with van der Waals surface area (Å²) in [5.74, 6) is 0.216. The number of ether oxygens (including phenoxy) is 2. The van der Waals surface area contributed by atoms with Crippen molar-refractivity contribution in [3.63, 3.8) is 0 Å². The monoisotopic (exact) mass is 426 g/mol. The van der Waals surface area contributed by atoms with Gasteiger partial charge >= 0.3 is 0 Å². The average Bonchev–Trinajstić information content (AvgIpc) is 3.47. The van der Waals surface area contributed by atoms with Gasteiger partial charge in [-0.2, -0.15) is 0 Å². The van der Waals surface area contributed by atoms with Crippen LogP contribution in [0.3, 0.4) is 0 Å². The fraction of sp³-hybridized carbons (Fsp3) is 0.286. The van der Waals surface area contributed by atoms with E-state index in [1.807, 2.05) is 19.5 Å². The van der Waals surface area contributed by atoms with E-state index in [4.69, 9.17) is 9.47 Å². The zero-order chi connectivity index (χ0) is 22.0. The maximum Gasteiger partial charge on any atom is 0.0673 e. The number of fused-ring (bicyclic) bond motifs is 2. The quantitative estimate of drug-likeness (QED) is 0.334. The van der Waals surface area contributed by atoms with Crippen molar-refractivity contribution >= 4 is 27.9 Å². The Morgan fingerprint density at radius 2 is 1.69 bits per heavy atom. The molecule has 0 spiro atoms. The van der Waals surface area contributed by atoms with Crippen LogP contribution >= 0.6 is 0 Å². The summed E-state index contributed by atoms with van der Waals surface area (Å²) in [4.78, 5) is 6.58. The first-order valence-electron chi connectivity index (χ1n) is 11.2. The summed E-state index contributed by atoms with van der Waals surface area (Å²) >= 11 is 0. The van der Waals surface area contributed by atoms with Crippen LogP contribution in [-0.2, 0) is 9.47 Å². The largest absolute Gasteiger partial charge is 0.384 e. The second-order valence-electron chi connectivity index (χ2n) is 8.88. The molecule has 32 heavy (non-hydrogen) atoms. The summed E-state index contributed by atoms with van der Waals surface area (Å²) in [6.45, 7) is 1.35. The van der Waals surface area contributed by atoms with E-state index in [0.717, 1.165) is 18.4 Å². The van der Waals surface area contributed by atoms with Gasteiger partial charge in [-0.3, -0.25) is 0 Å². The third kappa shape index (κ3) is 3.92. The Labute approximate surface area is 188 Å². The lowest BCUT2D eigenvalue weighted by Crippen LogP contribution is -2.34. The predicted molar refractivity (Wildman–Crippen MR) is 132 cm³/mol. The molecular weight excluding hydrogens is 396 g/mol. The molecule has 0 aliphatic heterocycles. The van der Waals surface area contributed by atoms with Crippen LogP contribution < -0.4 is 0 Å². The Morgan fingerprint density at radius 1 is 0.938 bits per heavy atom. The molecule has 0 amide bonds. The lowest BCUT2D eigenvalue weighted by atomic mass is 9.65. The molecule has 1 aliphatic carbocycles.